The summed E-state index contributed by atoms with van der Waals surface area (Å²) in [7, 11) is 0. The predicted octanol–water partition coefficient (Wildman–Crippen LogP) is 1.55. The molecule has 126 valence electrons. The highest BCUT2D eigenvalue weighted by Crippen LogP contribution is 2.18. The lowest BCUT2D eigenvalue weighted by atomic mass is 10.1. The van der Waals surface area contributed by atoms with Crippen LogP contribution < -0.4 is 11.0 Å². The first-order chi connectivity index (χ1) is 11.5. The number of amides is 1. The summed E-state index contributed by atoms with van der Waals surface area (Å²) in [6.45, 7) is 1.71. The highest BCUT2D eigenvalue weighted by molar-refractivity contribution is 5.80. The van der Waals surface area contributed by atoms with Gasteiger partial charge in [-0.3, -0.25) is 9.36 Å². The van der Waals surface area contributed by atoms with Crippen molar-refractivity contribution in [2.45, 2.75) is 32.0 Å². The van der Waals surface area contributed by atoms with Gasteiger partial charge in [-0.25, -0.2) is 4.79 Å². The van der Waals surface area contributed by atoms with Crippen molar-refractivity contribution in [3.63, 3.8) is 0 Å². The van der Waals surface area contributed by atoms with Gasteiger partial charge < -0.3 is 19.8 Å². The molecule has 3 rings (SSSR count). The molecule has 0 aliphatic rings. The van der Waals surface area contributed by atoms with Crippen LogP contribution in [0.15, 0.2) is 51.9 Å². The van der Waals surface area contributed by atoms with E-state index in [-0.39, 0.29) is 24.2 Å². The van der Waals surface area contributed by atoms with Gasteiger partial charge in [-0.2, -0.15) is 0 Å². The standard InChI is InChI=1S/C17H19N3O4/c1-11(9-14(21)15-7-4-8-24-15)18-16(22)10-20-13-6-3-2-5-12(13)19-17(20)23/h2-8,11,14,21H,9-10H2,1H3,(H,18,22)(H,19,23). The monoisotopic (exact) mass is 329 g/mol. The van der Waals surface area contributed by atoms with Gasteiger partial charge in [0.25, 0.3) is 0 Å². The Hall–Kier alpha value is -2.80. The van der Waals surface area contributed by atoms with Crippen molar-refractivity contribution in [1.82, 2.24) is 14.9 Å². The summed E-state index contributed by atoms with van der Waals surface area (Å²) < 4.78 is 6.53. The number of furan rings is 1. The molecule has 0 aliphatic carbocycles. The third-order valence-electron chi connectivity index (χ3n) is 3.84. The van der Waals surface area contributed by atoms with E-state index in [1.807, 2.05) is 12.1 Å². The summed E-state index contributed by atoms with van der Waals surface area (Å²) in [5, 5.41) is 12.8. The Kier molecular flexibility index (Phi) is 4.52. The summed E-state index contributed by atoms with van der Waals surface area (Å²) in [4.78, 5) is 26.9. The van der Waals surface area contributed by atoms with E-state index in [4.69, 9.17) is 4.42 Å². The molecule has 2 aromatic heterocycles. The molecule has 1 amide bonds. The summed E-state index contributed by atoms with van der Waals surface area (Å²) in [6, 6.07) is 10.3. The van der Waals surface area contributed by atoms with Gasteiger partial charge in [-0.1, -0.05) is 12.1 Å². The molecule has 3 aromatic rings. The fourth-order valence-corrected chi connectivity index (χ4v) is 2.72. The molecule has 2 unspecified atom stereocenters. The van der Waals surface area contributed by atoms with Crippen molar-refractivity contribution < 1.29 is 14.3 Å². The molecule has 1 aromatic carbocycles. The van der Waals surface area contributed by atoms with Crippen LogP contribution in [-0.4, -0.2) is 26.6 Å². The van der Waals surface area contributed by atoms with Crippen LogP contribution in [0, 0.1) is 0 Å². The quantitative estimate of drug-likeness (QED) is 0.639. The van der Waals surface area contributed by atoms with Crippen LogP contribution in [-0.2, 0) is 11.3 Å². The Morgan fingerprint density at radius 2 is 2.12 bits per heavy atom. The Bertz CT molecular complexity index is 879. The molecule has 0 aliphatic heterocycles. The van der Waals surface area contributed by atoms with Gasteiger partial charge in [-0.05, 0) is 31.2 Å². The molecule has 2 heterocycles. The fraction of sp³-hybridized carbons (Fsp3) is 0.294. The van der Waals surface area contributed by atoms with Crippen LogP contribution in [0.5, 0.6) is 0 Å². The molecule has 0 bridgehead atoms. The topological polar surface area (TPSA) is 100 Å². The molecule has 7 nitrogen and oxygen atoms in total. The van der Waals surface area contributed by atoms with Gasteiger partial charge in [0.05, 0.1) is 17.3 Å². The maximum absolute atomic E-state index is 12.2. The normalized spacial score (nSPS) is 13.8. The molecule has 0 fully saturated rings. The molecular formula is C17H19N3O4. The number of carbonyl (C=O) groups excluding carboxylic acids is 1. The summed E-state index contributed by atoms with van der Waals surface area (Å²) >= 11 is 0. The number of H-pyrrole nitrogens is 1. The first kappa shape index (κ1) is 16.1. The predicted molar refractivity (Wildman–Crippen MR) is 88.4 cm³/mol. The van der Waals surface area contributed by atoms with Gasteiger partial charge in [-0.15, -0.1) is 0 Å². The molecule has 24 heavy (non-hydrogen) atoms. The Morgan fingerprint density at radius 1 is 1.33 bits per heavy atom. The SMILES string of the molecule is CC(CC(O)c1ccco1)NC(=O)Cn1c(=O)[nH]c2ccccc21. The largest absolute Gasteiger partial charge is 0.467 e. The van der Waals surface area contributed by atoms with Crippen molar-refractivity contribution >= 4 is 16.9 Å². The van der Waals surface area contributed by atoms with Gasteiger partial charge in [0.1, 0.15) is 18.4 Å². The van der Waals surface area contributed by atoms with Crippen molar-refractivity contribution in [2.75, 3.05) is 0 Å². The number of carbonyl (C=O) groups is 1. The zero-order chi connectivity index (χ0) is 17.1. The zero-order valence-corrected chi connectivity index (χ0v) is 13.2. The van der Waals surface area contributed by atoms with Crippen LogP contribution >= 0.6 is 0 Å². The molecule has 0 spiro atoms. The number of aromatic nitrogens is 2. The van der Waals surface area contributed by atoms with Gasteiger partial charge >= 0.3 is 5.69 Å². The average Bonchev–Trinajstić information content (AvgIpc) is 3.16. The first-order valence-electron chi connectivity index (χ1n) is 7.73. The molecular weight excluding hydrogens is 310 g/mol. The summed E-state index contributed by atoms with van der Waals surface area (Å²) in [5.41, 5.74) is 1.05. The lowest BCUT2D eigenvalue weighted by molar-refractivity contribution is -0.122. The lowest BCUT2D eigenvalue weighted by Crippen LogP contribution is -2.37. The van der Waals surface area contributed by atoms with Crippen molar-refractivity contribution in [2.24, 2.45) is 0 Å². The highest BCUT2D eigenvalue weighted by atomic mass is 16.4. The minimum absolute atomic E-state index is 0.0793. The maximum atomic E-state index is 12.2. The maximum Gasteiger partial charge on any atom is 0.326 e. The number of aliphatic hydroxyl groups is 1. The number of imidazole rings is 1. The third-order valence-corrected chi connectivity index (χ3v) is 3.84. The lowest BCUT2D eigenvalue weighted by Gasteiger charge is -2.16. The minimum atomic E-state index is -0.786. The second kappa shape index (κ2) is 6.76. The smallest absolute Gasteiger partial charge is 0.326 e. The van der Waals surface area contributed by atoms with Crippen molar-refractivity contribution in [3.05, 3.63) is 58.9 Å². The van der Waals surface area contributed by atoms with Crippen molar-refractivity contribution in [1.29, 1.82) is 0 Å². The number of hydrogen-bond donors (Lipinski definition) is 3. The number of nitrogens with one attached hydrogen (secondary N) is 2. The van der Waals surface area contributed by atoms with E-state index in [9.17, 15) is 14.7 Å². The van der Waals surface area contributed by atoms with Gasteiger partial charge in [0.2, 0.25) is 5.91 Å². The van der Waals surface area contributed by atoms with E-state index in [1.165, 1.54) is 10.8 Å². The third kappa shape index (κ3) is 3.41. The van der Waals surface area contributed by atoms with Crippen LogP contribution in [0.4, 0.5) is 0 Å². The number of hydrogen-bond acceptors (Lipinski definition) is 4. The van der Waals surface area contributed by atoms with E-state index in [0.717, 1.165) is 0 Å². The second-order valence-corrected chi connectivity index (χ2v) is 5.77. The number of fused-ring (bicyclic) bond motifs is 1. The molecule has 0 saturated heterocycles. The van der Waals surface area contributed by atoms with E-state index in [2.05, 4.69) is 10.3 Å². The number of aromatic amines is 1. The number of benzene rings is 1. The Balaban J connectivity index is 1.62. The zero-order valence-electron chi connectivity index (χ0n) is 13.2. The number of aliphatic hydroxyl groups excluding tert-OH is 1. The van der Waals surface area contributed by atoms with Crippen LogP contribution in [0.2, 0.25) is 0 Å². The van der Waals surface area contributed by atoms with Gasteiger partial charge in [0.15, 0.2) is 0 Å². The number of para-hydroxylation sites is 2. The van der Waals surface area contributed by atoms with Crippen LogP contribution in [0.1, 0.15) is 25.2 Å². The average molecular weight is 329 g/mol. The van der Waals surface area contributed by atoms with E-state index in [0.29, 0.717) is 23.2 Å². The molecule has 3 N–H and O–H groups in total. The molecule has 2 atom stereocenters. The molecule has 7 heteroatoms. The van der Waals surface area contributed by atoms with Crippen molar-refractivity contribution in [3.8, 4) is 0 Å². The summed E-state index contributed by atoms with van der Waals surface area (Å²) in [6.07, 6.45) is 1.03. The Morgan fingerprint density at radius 3 is 2.88 bits per heavy atom. The fourth-order valence-electron chi connectivity index (χ4n) is 2.72. The van der Waals surface area contributed by atoms with E-state index < -0.39 is 6.10 Å². The second-order valence-electron chi connectivity index (χ2n) is 5.77. The van der Waals surface area contributed by atoms with E-state index in [1.54, 1.807) is 31.2 Å². The molecule has 0 radical (unpaired) electrons. The highest BCUT2D eigenvalue weighted by Gasteiger charge is 2.17. The van der Waals surface area contributed by atoms with Gasteiger partial charge in [0, 0.05) is 12.5 Å². The number of nitrogens with zero attached hydrogens (tertiary/aromatic N) is 1. The molecule has 0 saturated carbocycles. The number of rotatable bonds is 6. The van der Waals surface area contributed by atoms with Crippen LogP contribution in [0.3, 0.4) is 0 Å². The Labute approximate surface area is 137 Å². The van der Waals surface area contributed by atoms with E-state index >= 15 is 0 Å². The minimum Gasteiger partial charge on any atom is -0.467 e. The summed E-state index contributed by atoms with van der Waals surface area (Å²) in [5.74, 6) is 0.171. The first-order valence-corrected chi connectivity index (χ1v) is 7.73. The van der Waals surface area contributed by atoms with Crippen LogP contribution in [0.25, 0.3) is 11.0 Å².